The van der Waals surface area contributed by atoms with E-state index in [1.165, 1.54) is 24.3 Å². The van der Waals surface area contributed by atoms with Gasteiger partial charge in [-0.2, -0.15) is 5.26 Å². The topological polar surface area (TPSA) is 89.0 Å². The number of benzene rings is 1. The van der Waals surface area contributed by atoms with Crippen molar-refractivity contribution in [1.29, 1.82) is 5.26 Å². The third-order valence-corrected chi connectivity index (χ3v) is 4.08. The van der Waals surface area contributed by atoms with Crippen LogP contribution in [0.2, 0.25) is 0 Å². The molecule has 1 aromatic carbocycles. The van der Waals surface area contributed by atoms with Crippen LogP contribution in [0.25, 0.3) is 11.1 Å². The predicted octanol–water partition coefficient (Wildman–Crippen LogP) is 2.96. The first kappa shape index (κ1) is 15.9. The Bertz CT molecular complexity index is 885. The maximum atomic E-state index is 14.4. The second-order valence-corrected chi connectivity index (χ2v) is 6.37. The number of halogens is 1. The van der Waals surface area contributed by atoms with Gasteiger partial charge in [0.15, 0.2) is 0 Å². The monoisotopic (exact) mass is 325 g/mol. The molecule has 2 aromatic rings. The minimum Gasteiger partial charge on any atom is -0.471 e. The van der Waals surface area contributed by atoms with Crippen LogP contribution in [0.4, 0.5) is 4.39 Å². The van der Waals surface area contributed by atoms with Crippen molar-refractivity contribution in [3.63, 3.8) is 0 Å². The molecule has 0 atom stereocenters. The molecule has 2 heterocycles. The summed E-state index contributed by atoms with van der Waals surface area (Å²) in [6.45, 7) is 3.85. The summed E-state index contributed by atoms with van der Waals surface area (Å²) in [7, 11) is 0. The molecule has 0 unspecified atom stereocenters. The summed E-state index contributed by atoms with van der Waals surface area (Å²) in [5.41, 5.74) is 6.73. The van der Waals surface area contributed by atoms with Gasteiger partial charge in [-0.05, 0) is 50.5 Å². The Labute approximate surface area is 138 Å². The molecule has 0 saturated heterocycles. The normalized spacial score (nSPS) is 15.1. The number of pyridine rings is 1. The summed E-state index contributed by atoms with van der Waals surface area (Å²) in [5, 5.41) is 8.88. The lowest BCUT2D eigenvalue weighted by atomic mass is 9.90. The number of nitriles is 1. The van der Waals surface area contributed by atoms with Crippen molar-refractivity contribution in [2.75, 3.05) is 0 Å². The number of carbonyl (C=O) groups is 1. The molecule has 0 radical (unpaired) electrons. The van der Waals surface area contributed by atoms with Gasteiger partial charge in [-0.25, -0.2) is 9.37 Å². The lowest BCUT2D eigenvalue weighted by molar-refractivity contribution is 0.0774. The van der Waals surface area contributed by atoms with E-state index in [0.717, 1.165) is 12.0 Å². The van der Waals surface area contributed by atoms with E-state index in [1.54, 1.807) is 0 Å². The number of ether oxygens (including phenoxy) is 1. The molecule has 0 saturated carbocycles. The second-order valence-electron chi connectivity index (χ2n) is 6.37. The molecule has 1 amide bonds. The van der Waals surface area contributed by atoms with Gasteiger partial charge in [0, 0.05) is 11.1 Å². The van der Waals surface area contributed by atoms with E-state index >= 15 is 0 Å². The summed E-state index contributed by atoms with van der Waals surface area (Å²) in [6.07, 6.45) is 1.38. The molecule has 122 valence electrons. The van der Waals surface area contributed by atoms with E-state index in [4.69, 9.17) is 15.7 Å². The zero-order valence-electron chi connectivity index (χ0n) is 13.4. The van der Waals surface area contributed by atoms with Crippen molar-refractivity contribution in [3.8, 4) is 23.1 Å². The maximum Gasteiger partial charge on any atom is 0.267 e. The van der Waals surface area contributed by atoms with Crippen molar-refractivity contribution >= 4 is 5.91 Å². The summed E-state index contributed by atoms with van der Waals surface area (Å²) in [4.78, 5) is 15.8. The average Bonchev–Trinajstić information content (AvgIpc) is 2.52. The number of hydrogen-bond acceptors (Lipinski definition) is 4. The Balaban J connectivity index is 2.23. The molecular weight excluding hydrogens is 309 g/mol. The molecule has 1 aromatic heterocycles. The van der Waals surface area contributed by atoms with Gasteiger partial charge < -0.3 is 10.5 Å². The van der Waals surface area contributed by atoms with Crippen molar-refractivity contribution < 1.29 is 13.9 Å². The number of amides is 1. The van der Waals surface area contributed by atoms with Crippen LogP contribution in [-0.2, 0) is 6.42 Å². The van der Waals surface area contributed by atoms with Crippen LogP contribution in [0.1, 0.15) is 41.9 Å². The highest BCUT2D eigenvalue weighted by Crippen LogP contribution is 2.39. The SMILES string of the molecule is CC1(C)CCc2c(-c3ccc(C#N)cc3F)cc(C(N)=O)nc2O1. The van der Waals surface area contributed by atoms with E-state index in [0.29, 0.717) is 23.4 Å². The van der Waals surface area contributed by atoms with Gasteiger partial charge in [-0.15, -0.1) is 0 Å². The van der Waals surface area contributed by atoms with Crippen LogP contribution in [0.5, 0.6) is 5.88 Å². The molecule has 1 aliphatic heterocycles. The van der Waals surface area contributed by atoms with Crippen LogP contribution >= 0.6 is 0 Å². The van der Waals surface area contributed by atoms with Gasteiger partial charge >= 0.3 is 0 Å². The number of hydrogen-bond donors (Lipinski definition) is 1. The number of primary amides is 1. The van der Waals surface area contributed by atoms with E-state index in [-0.39, 0.29) is 11.3 Å². The Morgan fingerprint density at radius 2 is 2.12 bits per heavy atom. The molecule has 2 N–H and O–H groups in total. The highest BCUT2D eigenvalue weighted by atomic mass is 19.1. The van der Waals surface area contributed by atoms with Crippen LogP contribution < -0.4 is 10.5 Å². The number of nitrogens with two attached hydrogens (primary N) is 1. The molecule has 6 heteroatoms. The lowest BCUT2D eigenvalue weighted by Crippen LogP contribution is -2.34. The van der Waals surface area contributed by atoms with Gasteiger partial charge in [-0.1, -0.05) is 6.07 Å². The smallest absolute Gasteiger partial charge is 0.267 e. The van der Waals surface area contributed by atoms with Crippen LogP contribution in [0.15, 0.2) is 24.3 Å². The summed E-state index contributed by atoms with van der Waals surface area (Å²) in [6, 6.07) is 7.60. The largest absolute Gasteiger partial charge is 0.471 e. The van der Waals surface area contributed by atoms with Crippen molar-refractivity contribution in [2.24, 2.45) is 5.73 Å². The first-order chi connectivity index (χ1) is 11.3. The number of fused-ring (bicyclic) bond motifs is 1. The fraction of sp³-hybridized carbons (Fsp3) is 0.278. The minimum atomic E-state index is -0.708. The molecule has 0 bridgehead atoms. The van der Waals surface area contributed by atoms with E-state index < -0.39 is 17.3 Å². The standard InChI is InChI=1S/C18H16FN3O2/c1-18(2)6-5-12-13(8-15(16(21)23)22-17(12)24-18)11-4-3-10(9-20)7-14(11)19/h3-4,7-8H,5-6H2,1-2H3,(H2,21,23). The van der Waals surface area contributed by atoms with Crippen molar-refractivity contribution in [3.05, 3.63) is 46.9 Å². The number of aromatic nitrogens is 1. The number of carbonyl (C=O) groups excluding carboxylic acids is 1. The Hall–Kier alpha value is -2.94. The highest BCUT2D eigenvalue weighted by molar-refractivity contribution is 5.93. The van der Waals surface area contributed by atoms with Crippen molar-refractivity contribution in [2.45, 2.75) is 32.3 Å². The van der Waals surface area contributed by atoms with Gasteiger partial charge in [0.05, 0.1) is 11.6 Å². The van der Waals surface area contributed by atoms with Crippen LogP contribution in [0.3, 0.4) is 0 Å². The molecule has 1 aliphatic rings. The first-order valence-electron chi connectivity index (χ1n) is 7.53. The first-order valence-corrected chi connectivity index (χ1v) is 7.53. The third-order valence-electron chi connectivity index (χ3n) is 4.08. The average molecular weight is 325 g/mol. The Morgan fingerprint density at radius 3 is 2.75 bits per heavy atom. The van der Waals surface area contributed by atoms with Crippen LogP contribution in [0, 0.1) is 17.1 Å². The Morgan fingerprint density at radius 1 is 1.38 bits per heavy atom. The quantitative estimate of drug-likeness (QED) is 0.919. The fourth-order valence-electron chi connectivity index (χ4n) is 2.78. The van der Waals surface area contributed by atoms with Crippen molar-refractivity contribution in [1.82, 2.24) is 4.98 Å². The molecule has 0 fully saturated rings. The molecule has 0 aliphatic carbocycles. The second kappa shape index (κ2) is 5.60. The maximum absolute atomic E-state index is 14.4. The fourth-order valence-corrected chi connectivity index (χ4v) is 2.78. The number of nitrogens with zero attached hydrogens (tertiary/aromatic N) is 2. The molecule has 3 rings (SSSR count). The Kier molecular flexibility index (Phi) is 3.72. The van der Waals surface area contributed by atoms with Gasteiger partial charge in [0.2, 0.25) is 5.88 Å². The minimum absolute atomic E-state index is 0.0187. The zero-order valence-corrected chi connectivity index (χ0v) is 13.4. The molecule has 24 heavy (non-hydrogen) atoms. The molecule has 5 nitrogen and oxygen atoms in total. The van der Waals surface area contributed by atoms with Crippen LogP contribution in [-0.4, -0.2) is 16.5 Å². The highest BCUT2D eigenvalue weighted by Gasteiger charge is 2.31. The summed E-state index contributed by atoms with van der Waals surface area (Å²) in [5.74, 6) is -0.941. The number of rotatable bonds is 2. The summed E-state index contributed by atoms with van der Waals surface area (Å²) < 4.78 is 20.3. The third kappa shape index (κ3) is 2.81. The van der Waals surface area contributed by atoms with Gasteiger partial charge in [-0.3, -0.25) is 4.79 Å². The van der Waals surface area contributed by atoms with Gasteiger partial charge in [0.25, 0.3) is 5.91 Å². The van der Waals surface area contributed by atoms with E-state index in [1.807, 2.05) is 19.9 Å². The molecular formula is C18H16FN3O2. The van der Waals surface area contributed by atoms with E-state index in [2.05, 4.69) is 4.98 Å². The summed E-state index contributed by atoms with van der Waals surface area (Å²) >= 11 is 0. The lowest BCUT2D eigenvalue weighted by Gasteiger charge is -2.32. The zero-order chi connectivity index (χ0) is 17.5. The van der Waals surface area contributed by atoms with Gasteiger partial charge in [0.1, 0.15) is 17.1 Å². The predicted molar refractivity (Wildman–Crippen MR) is 85.9 cm³/mol. The molecule has 0 spiro atoms. The van der Waals surface area contributed by atoms with E-state index in [9.17, 15) is 9.18 Å².